The lowest BCUT2D eigenvalue weighted by atomic mass is 10.2. The van der Waals surface area contributed by atoms with Crippen molar-refractivity contribution >= 4 is 23.4 Å². The SMILES string of the molecule is NC(=O)c1cc(Sc2ccccn2)ncc1N. The lowest BCUT2D eigenvalue weighted by Gasteiger charge is -2.04. The molecule has 0 atom stereocenters. The van der Waals surface area contributed by atoms with Crippen molar-refractivity contribution in [2.45, 2.75) is 10.1 Å². The van der Waals surface area contributed by atoms with Crippen LogP contribution in [0.3, 0.4) is 0 Å². The summed E-state index contributed by atoms with van der Waals surface area (Å²) in [5.41, 5.74) is 11.4. The molecule has 2 rings (SSSR count). The molecular weight excluding hydrogens is 236 g/mol. The number of nitrogens with two attached hydrogens (primary N) is 2. The average molecular weight is 246 g/mol. The molecule has 0 unspecified atom stereocenters. The maximum Gasteiger partial charge on any atom is 0.250 e. The molecule has 4 N–H and O–H groups in total. The van der Waals surface area contributed by atoms with Gasteiger partial charge in [0, 0.05) is 6.20 Å². The molecule has 1 amide bonds. The Morgan fingerprint density at radius 2 is 2.06 bits per heavy atom. The van der Waals surface area contributed by atoms with Gasteiger partial charge >= 0.3 is 0 Å². The summed E-state index contributed by atoms with van der Waals surface area (Å²) in [6, 6.07) is 7.13. The van der Waals surface area contributed by atoms with Crippen LogP contribution in [0.25, 0.3) is 0 Å². The van der Waals surface area contributed by atoms with E-state index in [1.165, 1.54) is 18.0 Å². The summed E-state index contributed by atoms with van der Waals surface area (Å²) in [7, 11) is 0. The fourth-order valence-electron chi connectivity index (χ4n) is 1.23. The van der Waals surface area contributed by atoms with Crippen LogP contribution in [0.1, 0.15) is 10.4 Å². The minimum Gasteiger partial charge on any atom is -0.397 e. The Balaban J connectivity index is 2.29. The average Bonchev–Trinajstić information content (AvgIpc) is 2.32. The van der Waals surface area contributed by atoms with Crippen LogP contribution in [0, 0.1) is 0 Å². The van der Waals surface area contributed by atoms with Crippen LogP contribution in [0.5, 0.6) is 0 Å². The number of nitrogen functional groups attached to an aromatic ring is 1. The molecule has 2 aromatic heterocycles. The van der Waals surface area contributed by atoms with Crippen molar-refractivity contribution in [2.24, 2.45) is 5.73 Å². The Labute approximate surface area is 102 Å². The summed E-state index contributed by atoms with van der Waals surface area (Å²) in [6.45, 7) is 0. The number of aromatic nitrogens is 2. The molecule has 0 radical (unpaired) electrons. The van der Waals surface area contributed by atoms with Gasteiger partial charge in [0.25, 0.3) is 5.91 Å². The Morgan fingerprint density at radius 1 is 1.24 bits per heavy atom. The highest BCUT2D eigenvalue weighted by molar-refractivity contribution is 7.99. The predicted octanol–water partition coefficient (Wildman–Crippen LogP) is 1.31. The summed E-state index contributed by atoms with van der Waals surface area (Å²) in [4.78, 5) is 19.4. The second kappa shape index (κ2) is 4.84. The molecule has 86 valence electrons. The van der Waals surface area contributed by atoms with Crippen LogP contribution in [-0.4, -0.2) is 15.9 Å². The first-order valence-electron chi connectivity index (χ1n) is 4.81. The summed E-state index contributed by atoms with van der Waals surface area (Å²) in [5, 5.41) is 1.42. The van der Waals surface area contributed by atoms with Crippen LogP contribution in [-0.2, 0) is 0 Å². The zero-order chi connectivity index (χ0) is 12.3. The molecule has 0 saturated heterocycles. The van der Waals surface area contributed by atoms with Crippen LogP contribution in [0.4, 0.5) is 5.69 Å². The highest BCUT2D eigenvalue weighted by Crippen LogP contribution is 2.25. The third-order valence-electron chi connectivity index (χ3n) is 2.02. The molecule has 5 nitrogen and oxygen atoms in total. The monoisotopic (exact) mass is 246 g/mol. The third-order valence-corrected chi connectivity index (χ3v) is 2.91. The lowest BCUT2D eigenvalue weighted by molar-refractivity contribution is 0.100. The molecule has 0 aliphatic heterocycles. The number of amides is 1. The number of nitrogens with zero attached hydrogens (tertiary/aromatic N) is 2. The zero-order valence-corrected chi connectivity index (χ0v) is 9.65. The smallest absolute Gasteiger partial charge is 0.250 e. The second-order valence-electron chi connectivity index (χ2n) is 3.24. The van der Waals surface area contributed by atoms with E-state index in [9.17, 15) is 4.79 Å². The minimum absolute atomic E-state index is 0.276. The summed E-state index contributed by atoms with van der Waals surface area (Å²) in [6.07, 6.45) is 3.11. The molecular formula is C11H10N4OS. The number of carbonyl (C=O) groups is 1. The quantitative estimate of drug-likeness (QED) is 0.851. The van der Waals surface area contributed by atoms with E-state index < -0.39 is 5.91 Å². The number of hydrogen-bond acceptors (Lipinski definition) is 5. The van der Waals surface area contributed by atoms with Gasteiger partial charge in [-0.25, -0.2) is 9.97 Å². The standard InChI is InChI=1S/C11H10N4OS/c12-8-6-15-10(5-7(8)11(13)16)17-9-3-1-2-4-14-9/h1-6H,12H2,(H2,13,16). The number of pyridine rings is 2. The maximum atomic E-state index is 11.1. The Hall–Kier alpha value is -2.08. The third kappa shape index (κ3) is 2.73. The Morgan fingerprint density at radius 3 is 2.71 bits per heavy atom. The first-order chi connectivity index (χ1) is 8.16. The highest BCUT2D eigenvalue weighted by Gasteiger charge is 2.08. The van der Waals surface area contributed by atoms with E-state index in [2.05, 4.69) is 9.97 Å². The first kappa shape index (κ1) is 11.4. The molecule has 0 bridgehead atoms. The summed E-state index contributed by atoms with van der Waals surface area (Å²) < 4.78 is 0. The zero-order valence-electron chi connectivity index (χ0n) is 8.83. The minimum atomic E-state index is -0.562. The van der Waals surface area contributed by atoms with E-state index in [4.69, 9.17) is 11.5 Å². The number of rotatable bonds is 3. The lowest BCUT2D eigenvalue weighted by Crippen LogP contribution is -2.13. The molecule has 2 heterocycles. The van der Waals surface area contributed by atoms with Crippen LogP contribution < -0.4 is 11.5 Å². The molecule has 0 saturated carbocycles. The topological polar surface area (TPSA) is 94.9 Å². The molecule has 17 heavy (non-hydrogen) atoms. The van der Waals surface area contributed by atoms with Crippen LogP contribution in [0.15, 0.2) is 46.7 Å². The van der Waals surface area contributed by atoms with E-state index in [-0.39, 0.29) is 11.3 Å². The molecule has 0 aromatic carbocycles. The van der Waals surface area contributed by atoms with Gasteiger partial charge in [0.05, 0.1) is 17.4 Å². The van der Waals surface area contributed by atoms with Gasteiger partial charge < -0.3 is 11.5 Å². The van der Waals surface area contributed by atoms with Gasteiger partial charge in [-0.1, -0.05) is 17.8 Å². The number of hydrogen-bond donors (Lipinski definition) is 2. The van der Waals surface area contributed by atoms with Crippen molar-refractivity contribution in [3.05, 3.63) is 42.2 Å². The van der Waals surface area contributed by atoms with E-state index in [1.54, 1.807) is 12.3 Å². The van der Waals surface area contributed by atoms with Crippen LogP contribution in [0.2, 0.25) is 0 Å². The van der Waals surface area contributed by atoms with E-state index in [1.807, 2.05) is 18.2 Å². The van der Waals surface area contributed by atoms with Gasteiger partial charge in [0.1, 0.15) is 10.1 Å². The largest absolute Gasteiger partial charge is 0.397 e. The van der Waals surface area contributed by atoms with Gasteiger partial charge in [-0.15, -0.1) is 0 Å². The highest BCUT2D eigenvalue weighted by atomic mass is 32.2. The first-order valence-corrected chi connectivity index (χ1v) is 5.62. The van der Waals surface area contributed by atoms with Crippen molar-refractivity contribution < 1.29 is 4.79 Å². The number of carbonyl (C=O) groups excluding carboxylic acids is 1. The Kier molecular flexibility index (Phi) is 3.24. The van der Waals surface area contributed by atoms with Gasteiger partial charge in [0.15, 0.2) is 0 Å². The summed E-state index contributed by atoms with van der Waals surface area (Å²) >= 11 is 1.34. The Bertz CT molecular complexity index is 544. The molecule has 0 spiro atoms. The molecule has 0 fully saturated rings. The molecule has 0 aliphatic rings. The molecule has 6 heteroatoms. The van der Waals surface area contributed by atoms with Crippen molar-refractivity contribution in [3.63, 3.8) is 0 Å². The van der Waals surface area contributed by atoms with Gasteiger partial charge in [0.2, 0.25) is 0 Å². The molecule has 2 aromatic rings. The number of anilines is 1. The summed E-state index contributed by atoms with van der Waals surface area (Å²) in [5.74, 6) is -0.562. The van der Waals surface area contributed by atoms with Crippen LogP contribution >= 0.6 is 11.8 Å². The van der Waals surface area contributed by atoms with Crippen molar-refractivity contribution in [2.75, 3.05) is 5.73 Å². The van der Waals surface area contributed by atoms with Crippen molar-refractivity contribution in [3.8, 4) is 0 Å². The predicted molar refractivity (Wildman–Crippen MR) is 65.5 cm³/mol. The van der Waals surface area contributed by atoms with Crippen molar-refractivity contribution in [1.29, 1.82) is 0 Å². The molecule has 0 aliphatic carbocycles. The normalized spacial score (nSPS) is 10.1. The number of primary amides is 1. The van der Waals surface area contributed by atoms with E-state index in [0.29, 0.717) is 5.03 Å². The maximum absolute atomic E-state index is 11.1. The van der Waals surface area contributed by atoms with E-state index >= 15 is 0 Å². The van der Waals surface area contributed by atoms with E-state index in [0.717, 1.165) is 5.03 Å². The van der Waals surface area contributed by atoms with Gasteiger partial charge in [-0.05, 0) is 18.2 Å². The van der Waals surface area contributed by atoms with Gasteiger partial charge in [-0.2, -0.15) is 0 Å². The fraction of sp³-hybridized carbons (Fsp3) is 0. The van der Waals surface area contributed by atoms with Gasteiger partial charge in [-0.3, -0.25) is 4.79 Å². The van der Waals surface area contributed by atoms with Crippen molar-refractivity contribution in [1.82, 2.24) is 9.97 Å². The second-order valence-corrected chi connectivity index (χ2v) is 4.28. The fourth-order valence-corrected chi connectivity index (χ4v) is 1.99.